The van der Waals surface area contributed by atoms with Gasteiger partial charge in [-0.05, 0) is 38.2 Å². The molecule has 0 radical (unpaired) electrons. The zero-order valence-electron chi connectivity index (χ0n) is 11.5. The number of carbonyl (C=O) groups is 1. The Bertz CT molecular complexity index is 447. The van der Waals surface area contributed by atoms with E-state index in [0.717, 1.165) is 24.0 Å². The number of hydrogen-bond acceptors (Lipinski definition) is 2. The summed E-state index contributed by atoms with van der Waals surface area (Å²) >= 11 is 0. The number of rotatable bonds is 2. The molecule has 5 heteroatoms. The molecule has 0 aromatic carbocycles. The molecule has 1 aromatic rings. The second-order valence-corrected chi connectivity index (χ2v) is 5.73. The Morgan fingerprint density at radius 3 is 2.42 bits per heavy atom. The summed E-state index contributed by atoms with van der Waals surface area (Å²) < 4.78 is 0. The second kappa shape index (κ2) is 5.55. The lowest BCUT2D eigenvalue weighted by Gasteiger charge is -2.35. The number of amides is 1. The first-order chi connectivity index (χ1) is 8.65. The summed E-state index contributed by atoms with van der Waals surface area (Å²) in [5.74, 6) is 0.153. The van der Waals surface area contributed by atoms with Crippen LogP contribution in [-0.2, 0) is 0 Å². The normalized spacial score (nSPS) is 28.8. The van der Waals surface area contributed by atoms with Crippen LogP contribution in [-0.4, -0.2) is 41.0 Å². The molecule has 3 rings (SSSR count). The van der Waals surface area contributed by atoms with Crippen molar-refractivity contribution in [2.24, 2.45) is 0 Å². The van der Waals surface area contributed by atoms with Crippen LogP contribution in [0.25, 0.3) is 0 Å². The highest BCUT2D eigenvalue weighted by molar-refractivity contribution is 5.95. The van der Waals surface area contributed by atoms with Crippen LogP contribution in [0.4, 0.5) is 0 Å². The van der Waals surface area contributed by atoms with Crippen molar-refractivity contribution in [3.05, 3.63) is 23.5 Å². The third-order valence-electron chi connectivity index (χ3n) is 4.50. The number of piperidine rings is 1. The van der Waals surface area contributed by atoms with Crippen molar-refractivity contribution in [1.82, 2.24) is 15.2 Å². The highest BCUT2D eigenvalue weighted by Gasteiger charge is 2.36. The molecule has 2 saturated heterocycles. The minimum atomic E-state index is 0. The van der Waals surface area contributed by atoms with Gasteiger partial charge in [0.15, 0.2) is 0 Å². The summed E-state index contributed by atoms with van der Waals surface area (Å²) in [7, 11) is 1.95. The van der Waals surface area contributed by atoms with E-state index in [1.165, 1.54) is 12.8 Å². The van der Waals surface area contributed by atoms with E-state index in [-0.39, 0.29) is 18.3 Å². The van der Waals surface area contributed by atoms with Crippen LogP contribution in [0.1, 0.15) is 41.6 Å². The maximum atomic E-state index is 12.4. The molecule has 4 nitrogen and oxygen atoms in total. The first kappa shape index (κ1) is 14.4. The van der Waals surface area contributed by atoms with Gasteiger partial charge in [-0.1, -0.05) is 0 Å². The third-order valence-corrected chi connectivity index (χ3v) is 4.50. The number of carbonyl (C=O) groups excluding carboxylic acids is 1. The molecule has 2 atom stereocenters. The molecule has 1 aromatic heterocycles. The monoisotopic (exact) mass is 283 g/mol. The van der Waals surface area contributed by atoms with E-state index in [2.05, 4.69) is 10.3 Å². The number of aromatic amines is 1. The van der Waals surface area contributed by atoms with Gasteiger partial charge in [0, 0.05) is 37.6 Å². The predicted octanol–water partition coefficient (Wildman–Crippen LogP) is 2.10. The molecule has 106 valence electrons. The number of hydrogen-bond donors (Lipinski definition) is 2. The fourth-order valence-corrected chi connectivity index (χ4v) is 3.37. The molecular weight excluding hydrogens is 262 g/mol. The lowest BCUT2D eigenvalue weighted by atomic mass is 9.98. The number of halogens is 1. The molecule has 2 bridgehead atoms. The minimum Gasteiger partial charge on any atom is -0.367 e. The average molecular weight is 284 g/mol. The van der Waals surface area contributed by atoms with Crippen LogP contribution >= 0.6 is 12.4 Å². The van der Waals surface area contributed by atoms with Crippen molar-refractivity contribution in [3.63, 3.8) is 0 Å². The van der Waals surface area contributed by atoms with Gasteiger partial charge in [-0.2, -0.15) is 0 Å². The molecule has 2 aliphatic rings. The molecule has 0 aliphatic carbocycles. The van der Waals surface area contributed by atoms with Crippen molar-refractivity contribution in [1.29, 1.82) is 0 Å². The summed E-state index contributed by atoms with van der Waals surface area (Å²) in [6.45, 7) is 1.98. The van der Waals surface area contributed by atoms with Crippen LogP contribution in [0.3, 0.4) is 0 Å². The average Bonchev–Trinajstić information content (AvgIpc) is 2.93. The van der Waals surface area contributed by atoms with Crippen molar-refractivity contribution in [2.75, 3.05) is 7.05 Å². The molecule has 19 heavy (non-hydrogen) atoms. The Kier molecular flexibility index (Phi) is 4.21. The van der Waals surface area contributed by atoms with E-state index in [9.17, 15) is 4.79 Å². The number of fused-ring (bicyclic) bond motifs is 2. The Morgan fingerprint density at radius 1 is 1.26 bits per heavy atom. The Labute approximate surface area is 120 Å². The lowest BCUT2D eigenvalue weighted by Crippen LogP contribution is -2.48. The van der Waals surface area contributed by atoms with E-state index >= 15 is 0 Å². The number of aryl methyl sites for hydroxylation is 1. The van der Waals surface area contributed by atoms with Gasteiger partial charge in [0.2, 0.25) is 0 Å². The summed E-state index contributed by atoms with van der Waals surface area (Å²) in [6.07, 6.45) is 8.43. The maximum absolute atomic E-state index is 12.4. The Morgan fingerprint density at radius 2 is 1.89 bits per heavy atom. The topological polar surface area (TPSA) is 48.1 Å². The number of nitrogens with zero attached hydrogens (tertiary/aromatic N) is 1. The molecule has 2 N–H and O–H groups in total. The standard InChI is InChI=1S/C14H21N3O.ClH/c1-9-7-15-8-13(9)14(18)17(2)12-5-10-3-4-11(6-12)16-10;/h7-8,10-12,15-16H,3-6H2,1-2H3;1H. The molecular formula is C14H22ClN3O. The first-order valence-corrected chi connectivity index (χ1v) is 6.81. The Hall–Kier alpha value is -1.00. The fourth-order valence-electron chi connectivity index (χ4n) is 3.37. The van der Waals surface area contributed by atoms with Crippen LogP contribution in [0.15, 0.2) is 12.4 Å². The predicted molar refractivity (Wildman–Crippen MR) is 77.8 cm³/mol. The summed E-state index contributed by atoms with van der Waals surface area (Å²) in [5, 5.41) is 3.62. The first-order valence-electron chi connectivity index (χ1n) is 6.81. The fraction of sp³-hybridized carbons (Fsp3) is 0.643. The molecule has 0 spiro atoms. The van der Waals surface area contributed by atoms with Crippen LogP contribution < -0.4 is 5.32 Å². The lowest BCUT2D eigenvalue weighted by molar-refractivity contribution is 0.0681. The second-order valence-electron chi connectivity index (χ2n) is 5.73. The number of nitrogens with one attached hydrogen (secondary N) is 2. The van der Waals surface area contributed by atoms with Crippen molar-refractivity contribution in [2.45, 2.75) is 50.7 Å². The number of H-pyrrole nitrogens is 1. The van der Waals surface area contributed by atoms with Gasteiger partial charge in [0.05, 0.1) is 5.56 Å². The van der Waals surface area contributed by atoms with Gasteiger partial charge in [-0.3, -0.25) is 4.79 Å². The summed E-state index contributed by atoms with van der Waals surface area (Å²) in [4.78, 5) is 17.4. The highest BCUT2D eigenvalue weighted by atomic mass is 35.5. The van der Waals surface area contributed by atoms with Gasteiger partial charge in [0.25, 0.3) is 5.91 Å². The maximum Gasteiger partial charge on any atom is 0.255 e. The Balaban J connectivity index is 0.00000133. The molecule has 2 fully saturated rings. The van der Waals surface area contributed by atoms with E-state index in [1.54, 1.807) is 0 Å². The SMILES string of the molecule is Cc1c[nH]cc1C(=O)N(C)C1CC2CCC(C1)N2.Cl. The van der Waals surface area contributed by atoms with Crippen molar-refractivity contribution < 1.29 is 4.79 Å². The summed E-state index contributed by atoms with van der Waals surface area (Å²) in [5.41, 5.74) is 1.84. The third kappa shape index (κ3) is 2.65. The minimum absolute atomic E-state index is 0. The number of aromatic nitrogens is 1. The molecule has 3 heterocycles. The van der Waals surface area contributed by atoms with Crippen LogP contribution in [0.2, 0.25) is 0 Å². The zero-order valence-corrected chi connectivity index (χ0v) is 12.3. The molecule has 1 amide bonds. The van der Waals surface area contributed by atoms with Gasteiger partial charge in [0.1, 0.15) is 0 Å². The molecule has 0 saturated carbocycles. The van der Waals surface area contributed by atoms with Gasteiger partial charge in [-0.15, -0.1) is 12.4 Å². The molecule has 2 aliphatic heterocycles. The highest BCUT2D eigenvalue weighted by Crippen LogP contribution is 2.30. The zero-order chi connectivity index (χ0) is 12.7. The molecule has 2 unspecified atom stereocenters. The van der Waals surface area contributed by atoms with Crippen molar-refractivity contribution in [3.8, 4) is 0 Å². The summed E-state index contributed by atoms with van der Waals surface area (Å²) in [6, 6.07) is 1.64. The van der Waals surface area contributed by atoms with E-state index in [0.29, 0.717) is 18.1 Å². The smallest absolute Gasteiger partial charge is 0.255 e. The van der Waals surface area contributed by atoms with Gasteiger partial charge < -0.3 is 15.2 Å². The largest absolute Gasteiger partial charge is 0.367 e. The van der Waals surface area contributed by atoms with E-state index in [4.69, 9.17) is 0 Å². The quantitative estimate of drug-likeness (QED) is 0.873. The van der Waals surface area contributed by atoms with Crippen molar-refractivity contribution >= 4 is 18.3 Å². The van der Waals surface area contributed by atoms with E-state index in [1.807, 2.05) is 31.3 Å². The van der Waals surface area contributed by atoms with Crippen LogP contribution in [0, 0.1) is 6.92 Å². The van der Waals surface area contributed by atoms with Gasteiger partial charge >= 0.3 is 0 Å². The van der Waals surface area contributed by atoms with Crippen LogP contribution in [0.5, 0.6) is 0 Å². The van der Waals surface area contributed by atoms with E-state index < -0.39 is 0 Å². The van der Waals surface area contributed by atoms with Gasteiger partial charge in [-0.25, -0.2) is 0 Å².